The molecule has 18 heavy (non-hydrogen) atoms. The van der Waals surface area contributed by atoms with Crippen LogP contribution in [0.25, 0.3) is 0 Å². The van der Waals surface area contributed by atoms with Gasteiger partial charge in [0.2, 0.25) is 9.84 Å². The highest BCUT2D eigenvalue weighted by molar-refractivity contribution is 7.95. The summed E-state index contributed by atoms with van der Waals surface area (Å²) in [5.74, 6) is 2.54. The first-order valence-electron chi connectivity index (χ1n) is 5.75. The van der Waals surface area contributed by atoms with Gasteiger partial charge in [0.05, 0.1) is 9.80 Å². The quantitative estimate of drug-likeness (QED) is 0.446. The first-order valence-corrected chi connectivity index (χ1v) is 7.23. The molecule has 0 saturated carbocycles. The van der Waals surface area contributed by atoms with Gasteiger partial charge < -0.3 is 0 Å². The summed E-state index contributed by atoms with van der Waals surface area (Å²) >= 11 is 0. The van der Waals surface area contributed by atoms with E-state index in [9.17, 15) is 8.42 Å². The van der Waals surface area contributed by atoms with E-state index in [4.69, 9.17) is 6.42 Å². The van der Waals surface area contributed by atoms with E-state index in [0.29, 0.717) is 12.8 Å². The Balaban J connectivity index is 2.84. The van der Waals surface area contributed by atoms with E-state index in [0.717, 1.165) is 12.8 Å². The summed E-state index contributed by atoms with van der Waals surface area (Å²) in [6.45, 7) is 3.47. The van der Waals surface area contributed by atoms with Crippen LogP contribution in [-0.2, 0) is 9.84 Å². The third kappa shape index (κ3) is 3.63. The van der Waals surface area contributed by atoms with Gasteiger partial charge in [-0.05, 0) is 31.4 Å². The van der Waals surface area contributed by atoms with Crippen molar-refractivity contribution in [2.24, 2.45) is 0 Å². The molecule has 0 heterocycles. The summed E-state index contributed by atoms with van der Waals surface area (Å²) in [7, 11) is -3.45. The van der Waals surface area contributed by atoms with Gasteiger partial charge in [-0.2, -0.15) is 0 Å². The summed E-state index contributed by atoms with van der Waals surface area (Å²) in [6.07, 6.45) is 7.79. The molecule has 1 aromatic carbocycles. The number of terminal acetylenes is 1. The van der Waals surface area contributed by atoms with Gasteiger partial charge in [-0.3, -0.25) is 0 Å². The standard InChI is InChI=1S/C15H16O2S/c1-3-5-6-8-11-14(4-2)18(16,17)15-12-9-7-10-13-15/h1,7,9-10,12-13H,2,5-6,8,11H2. The molecule has 94 valence electrons. The second-order valence-corrected chi connectivity index (χ2v) is 5.80. The van der Waals surface area contributed by atoms with Gasteiger partial charge in [0.15, 0.2) is 0 Å². The highest BCUT2D eigenvalue weighted by atomic mass is 32.2. The maximum atomic E-state index is 12.2. The number of sulfone groups is 1. The number of benzene rings is 1. The Morgan fingerprint density at radius 3 is 2.44 bits per heavy atom. The van der Waals surface area contributed by atoms with Crippen LogP contribution in [-0.4, -0.2) is 8.42 Å². The van der Waals surface area contributed by atoms with Crippen molar-refractivity contribution in [3.8, 4) is 12.3 Å². The minimum atomic E-state index is -3.45. The molecule has 1 rings (SSSR count). The Hall–Kier alpha value is -1.75. The van der Waals surface area contributed by atoms with Crippen LogP contribution in [0.1, 0.15) is 25.7 Å². The summed E-state index contributed by atoms with van der Waals surface area (Å²) in [6, 6.07) is 8.34. The first-order chi connectivity index (χ1) is 8.62. The largest absolute Gasteiger partial charge is 0.218 e. The Morgan fingerprint density at radius 2 is 1.89 bits per heavy atom. The van der Waals surface area contributed by atoms with E-state index in [1.54, 1.807) is 30.3 Å². The smallest absolute Gasteiger partial charge is 0.209 e. The predicted octanol–water partition coefficient (Wildman–Crippen LogP) is 3.32. The number of allylic oxidation sites excluding steroid dienone is 1. The fourth-order valence-corrected chi connectivity index (χ4v) is 2.98. The van der Waals surface area contributed by atoms with E-state index in [1.165, 1.54) is 0 Å². The van der Waals surface area contributed by atoms with Crippen LogP contribution in [0.3, 0.4) is 0 Å². The number of rotatable bonds is 6. The van der Waals surface area contributed by atoms with E-state index in [-0.39, 0.29) is 9.80 Å². The van der Waals surface area contributed by atoms with Crippen molar-refractivity contribution in [3.05, 3.63) is 47.5 Å². The number of hydrogen-bond acceptors (Lipinski definition) is 2. The van der Waals surface area contributed by atoms with Crippen LogP contribution in [0.4, 0.5) is 0 Å². The molecule has 0 bridgehead atoms. The second kappa shape index (κ2) is 6.86. The molecule has 0 spiro atoms. The molecule has 0 aromatic heterocycles. The fraction of sp³-hybridized carbons (Fsp3) is 0.267. The number of unbranched alkanes of at least 4 members (excludes halogenated alkanes) is 2. The molecule has 0 radical (unpaired) electrons. The van der Waals surface area contributed by atoms with Crippen molar-refractivity contribution >= 4 is 9.84 Å². The van der Waals surface area contributed by atoms with Crippen LogP contribution in [0, 0.1) is 12.3 Å². The molecule has 2 nitrogen and oxygen atoms in total. The van der Waals surface area contributed by atoms with Crippen molar-refractivity contribution in [3.63, 3.8) is 0 Å². The van der Waals surface area contributed by atoms with Gasteiger partial charge >= 0.3 is 0 Å². The summed E-state index contributed by atoms with van der Waals surface area (Å²) < 4.78 is 24.5. The van der Waals surface area contributed by atoms with Crippen LogP contribution in [0.2, 0.25) is 0 Å². The zero-order chi connectivity index (χ0) is 13.4. The minimum absolute atomic E-state index is 0.241. The molecule has 3 heteroatoms. The first kappa shape index (κ1) is 14.3. The molecule has 1 aromatic rings. The van der Waals surface area contributed by atoms with Crippen LogP contribution >= 0.6 is 0 Å². The minimum Gasteiger partial charge on any atom is -0.218 e. The molecule has 0 amide bonds. The predicted molar refractivity (Wildman–Crippen MR) is 73.6 cm³/mol. The van der Waals surface area contributed by atoms with Crippen molar-refractivity contribution < 1.29 is 8.42 Å². The highest BCUT2D eigenvalue weighted by Gasteiger charge is 2.19. The van der Waals surface area contributed by atoms with Gasteiger partial charge in [-0.25, -0.2) is 8.42 Å². The second-order valence-electron chi connectivity index (χ2n) is 3.83. The zero-order valence-electron chi connectivity index (χ0n) is 10.2. The Morgan fingerprint density at radius 1 is 1.22 bits per heavy atom. The van der Waals surface area contributed by atoms with Crippen LogP contribution in [0.5, 0.6) is 0 Å². The molecule has 0 N–H and O–H groups in total. The van der Waals surface area contributed by atoms with Crippen molar-refractivity contribution in [2.75, 3.05) is 0 Å². The summed E-state index contributed by atoms with van der Waals surface area (Å²) in [5, 5.41) is 0. The van der Waals surface area contributed by atoms with Gasteiger partial charge in [-0.1, -0.05) is 24.8 Å². The van der Waals surface area contributed by atoms with Gasteiger partial charge in [0.25, 0.3) is 0 Å². The average molecular weight is 260 g/mol. The number of hydrogen-bond donors (Lipinski definition) is 0. The van der Waals surface area contributed by atoms with Crippen molar-refractivity contribution in [2.45, 2.75) is 30.6 Å². The lowest BCUT2D eigenvalue weighted by molar-refractivity contribution is 0.598. The molecule has 0 saturated heterocycles. The third-order valence-electron chi connectivity index (χ3n) is 2.55. The molecule has 0 unspecified atom stereocenters. The van der Waals surface area contributed by atoms with E-state index in [1.807, 2.05) is 0 Å². The molecule has 0 aliphatic rings. The van der Waals surface area contributed by atoms with Crippen molar-refractivity contribution in [1.82, 2.24) is 0 Å². The van der Waals surface area contributed by atoms with Crippen LogP contribution < -0.4 is 0 Å². The molecule has 0 aliphatic heterocycles. The Bertz CT molecular complexity index is 571. The summed E-state index contributed by atoms with van der Waals surface area (Å²) in [5.41, 5.74) is 2.54. The maximum absolute atomic E-state index is 12.2. The van der Waals surface area contributed by atoms with Crippen LogP contribution in [0.15, 0.2) is 52.4 Å². The lowest BCUT2D eigenvalue weighted by Gasteiger charge is -2.06. The normalized spacial score (nSPS) is 10.4. The summed E-state index contributed by atoms with van der Waals surface area (Å²) in [4.78, 5) is 0.527. The zero-order valence-corrected chi connectivity index (χ0v) is 11.0. The van der Waals surface area contributed by atoms with E-state index >= 15 is 0 Å². The lowest BCUT2D eigenvalue weighted by atomic mass is 10.2. The van der Waals surface area contributed by atoms with Gasteiger partial charge in [-0.15, -0.1) is 18.1 Å². The average Bonchev–Trinajstić information content (AvgIpc) is 2.39. The van der Waals surface area contributed by atoms with Gasteiger partial charge in [0.1, 0.15) is 0 Å². The molecule has 0 aliphatic carbocycles. The molecule has 0 atom stereocenters. The fourth-order valence-electron chi connectivity index (χ4n) is 1.57. The Labute approximate surface area is 109 Å². The molecular formula is C15H16O2S. The topological polar surface area (TPSA) is 34.1 Å². The lowest BCUT2D eigenvalue weighted by Crippen LogP contribution is -2.04. The Kier molecular flexibility index (Phi) is 5.45. The van der Waals surface area contributed by atoms with Crippen molar-refractivity contribution in [1.29, 1.82) is 0 Å². The maximum Gasteiger partial charge on any atom is 0.209 e. The van der Waals surface area contributed by atoms with E-state index in [2.05, 4.69) is 18.2 Å². The molecule has 0 fully saturated rings. The highest BCUT2D eigenvalue weighted by Crippen LogP contribution is 2.22. The SMILES string of the molecule is C#CCCCCC(=C=C)S(=O)(=O)c1ccccc1. The third-order valence-corrected chi connectivity index (χ3v) is 4.44. The van der Waals surface area contributed by atoms with Gasteiger partial charge in [0, 0.05) is 6.42 Å². The van der Waals surface area contributed by atoms with E-state index < -0.39 is 9.84 Å². The molecular weight excluding hydrogens is 244 g/mol. The monoisotopic (exact) mass is 260 g/mol.